The van der Waals surface area contributed by atoms with Crippen LogP contribution in [-0.4, -0.2) is 26.7 Å². The molecule has 0 saturated carbocycles. The van der Waals surface area contributed by atoms with Gasteiger partial charge in [0.1, 0.15) is 5.75 Å². The van der Waals surface area contributed by atoms with Crippen LogP contribution in [0, 0.1) is 0 Å². The van der Waals surface area contributed by atoms with Crippen molar-refractivity contribution in [2.75, 3.05) is 7.11 Å². The number of ether oxygens (including phenoxy) is 1. The topological polar surface area (TPSA) is 52.3 Å². The molecule has 2 aromatic heterocycles. The first-order valence-electron chi connectivity index (χ1n) is 6.55. The van der Waals surface area contributed by atoms with Gasteiger partial charge < -0.3 is 4.74 Å². The number of methoxy groups -OCH3 is 1. The van der Waals surface area contributed by atoms with Gasteiger partial charge in [0.25, 0.3) is 5.78 Å². The molecule has 0 aliphatic rings. The first-order valence-corrected chi connectivity index (χ1v) is 6.55. The molecule has 3 rings (SSSR count). The van der Waals surface area contributed by atoms with Crippen molar-refractivity contribution >= 4 is 5.78 Å². The summed E-state index contributed by atoms with van der Waals surface area (Å²) in [6, 6.07) is 9.81. The molecule has 0 amide bonds. The monoisotopic (exact) mass is 268 g/mol. The van der Waals surface area contributed by atoms with Crippen molar-refractivity contribution in [3.8, 4) is 17.0 Å². The fourth-order valence-electron chi connectivity index (χ4n) is 2.03. The molecule has 5 heteroatoms. The summed E-state index contributed by atoms with van der Waals surface area (Å²) >= 11 is 0. The molecule has 0 unspecified atom stereocenters. The largest absolute Gasteiger partial charge is 0.497 e. The van der Waals surface area contributed by atoms with E-state index in [-0.39, 0.29) is 5.92 Å². The van der Waals surface area contributed by atoms with E-state index in [0.717, 1.165) is 22.8 Å². The van der Waals surface area contributed by atoms with Crippen molar-refractivity contribution in [3.05, 3.63) is 42.4 Å². The van der Waals surface area contributed by atoms with Crippen LogP contribution in [-0.2, 0) is 0 Å². The molecule has 5 nitrogen and oxygen atoms in total. The second-order valence-electron chi connectivity index (χ2n) is 4.90. The molecule has 0 spiro atoms. The first kappa shape index (κ1) is 12.6. The number of hydrogen-bond donors (Lipinski definition) is 0. The molecule has 0 N–H and O–H groups in total. The minimum Gasteiger partial charge on any atom is -0.497 e. The predicted molar refractivity (Wildman–Crippen MR) is 76.9 cm³/mol. The zero-order valence-corrected chi connectivity index (χ0v) is 11.7. The Morgan fingerprint density at radius 2 is 1.85 bits per heavy atom. The molecule has 0 aliphatic carbocycles. The van der Waals surface area contributed by atoms with Crippen molar-refractivity contribution in [1.29, 1.82) is 0 Å². The predicted octanol–water partition coefficient (Wildman–Crippen LogP) is 2.92. The van der Waals surface area contributed by atoms with E-state index in [4.69, 9.17) is 4.74 Å². The molecule has 3 aromatic rings. The Bertz CT molecular complexity index is 731. The van der Waals surface area contributed by atoms with Gasteiger partial charge in [-0.25, -0.2) is 4.98 Å². The Morgan fingerprint density at radius 1 is 1.10 bits per heavy atom. The summed E-state index contributed by atoms with van der Waals surface area (Å²) in [4.78, 5) is 8.72. The summed E-state index contributed by atoms with van der Waals surface area (Å²) in [7, 11) is 1.66. The minimum atomic E-state index is 0.278. The van der Waals surface area contributed by atoms with Crippen LogP contribution in [0.4, 0.5) is 0 Å². The average Bonchev–Trinajstić information content (AvgIpc) is 2.91. The molecular formula is C15H16N4O. The average molecular weight is 268 g/mol. The van der Waals surface area contributed by atoms with E-state index < -0.39 is 0 Å². The highest BCUT2D eigenvalue weighted by atomic mass is 16.5. The van der Waals surface area contributed by atoms with Crippen molar-refractivity contribution in [3.63, 3.8) is 0 Å². The van der Waals surface area contributed by atoms with Gasteiger partial charge >= 0.3 is 0 Å². The van der Waals surface area contributed by atoms with Gasteiger partial charge in [0.05, 0.1) is 12.8 Å². The molecule has 2 heterocycles. The van der Waals surface area contributed by atoms with E-state index in [1.807, 2.05) is 30.3 Å². The maximum Gasteiger partial charge on any atom is 0.252 e. The van der Waals surface area contributed by atoms with E-state index in [1.54, 1.807) is 17.8 Å². The smallest absolute Gasteiger partial charge is 0.252 e. The molecule has 0 aliphatic heterocycles. The molecule has 102 valence electrons. The summed E-state index contributed by atoms with van der Waals surface area (Å²) in [6.07, 6.45) is 1.76. The van der Waals surface area contributed by atoms with E-state index in [2.05, 4.69) is 28.9 Å². The highest BCUT2D eigenvalue weighted by Gasteiger charge is 2.11. The van der Waals surface area contributed by atoms with Crippen molar-refractivity contribution < 1.29 is 4.74 Å². The van der Waals surface area contributed by atoms with E-state index in [1.165, 1.54) is 0 Å². The minimum absolute atomic E-state index is 0.278. The Hall–Kier alpha value is -2.43. The van der Waals surface area contributed by atoms with Crippen LogP contribution in [0.2, 0.25) is 0 Å². The van der Waals surface area contributed by atoms with Gasteiger partial charge in [0.15, 0.2) is 5.82 Å². The standard InChI is InChI=1S/C15H16N4O/c1-10(2)14-17-15-16-9-8-13(19(15)18-14)11-4-6-12(20-3)7-5-11/h4-10H,1-3H3. The Kier molecular flexibility index (Phi) is 3.10. The fourth-order valence-corrected chi connectivity index (χ4v) is 2.03. The summed E-state index contributed by atoms with van der Waals surface area (Å²) in [6.45, 7) is 4.14. The third-order valence-corrected chi connectivity index (χ3v) is 3.16. The fraction of sp³-hybridized carbons (Fsp3) is 0.267. The Morgan fingerprint density at radius 3 is 2.50 bits per heavy atom. The van der Waals surface area contributed by atoms with Gasteiger partial charge in [-0.2, -0.15) is 9.50 Å². The van der Waals surface area contributed by atoms with Crippen LogP contribution < -0.4 is 4.74 Å². The lowest BCUT2D eigenvalue weighted by Gasteiger charge is -2.05. The highest BCUT2D eigenvalue weighted by Crippen LogP contribution is 2.22. The molecule has 0 saturated heterocycles. The summed E-state index contributed by atoms with van der Waals surface area (Å²) in [5, 5.41) is 4.54. The van der Waals surface area contributed by atoms with Crippen LogP contribution in [0.5, 0.6) is 5.75 Å². The summed E-state index contributed by atoms with van der Waals surface area (Å²) < 4.78 is 6.97. The van der Waals surface area contributed by atoms with E-state index in [0.29, 0.717) is 5.78 Å². The maximum atomic E-state index is 5.18. The third kappa shape index (κ3) is 2.11. The zero-order chi connectivity index (χ0) is 14.1. The molecule has 0 fully saturated rings. The Balaban J connectivity index is 2.14. The quantitative estimate of drug-likeness (QED) is 0.733. The van der Waals surface area contributed by atoms with Crippen molar-refractivity contribution in [1.82, 2.24) is 19.6 Å². The van der Waals surface area contributed by atoms with Crippen LogP contribution >= 0.6 is 0 Å². The number of benzene rings is 1. The lowest BCUT2D eigenvalue weighted by Crippen LogP contribution is -1.97. The lowest BCUT2D eigenvalue weighted by atomic mass is 10.1. The number of nitrogens with zero attached hydrogens (tertiary/aromatic N) is 4. The van der Waals surface area contributed by atoms with Gasteiger partial charge in [0.2, 0.25) is 0 Å². The number of fused-ring (bicyclic) bond motifs is 1. The second kappa shape index (κ2) is 4.92. The molecule has 1 aromatic carbocycles. The number of hydrogen-bond acceptors (Lipinski definition) is 4. The molecule has 0 atom stereocenters. The summed E-state index contributed by atoms with van der Waals surface area (Å²) in [5.74, 6) is 2.54. The molecular weight excluding hydrogens is 252 g/mol. The van der Waals surface area contributed by atoms with Gasteiger partial charge in [-0.3, -0.25) is 0 Å². The number of rotatable bonds is 3. The van der Waals surface area contributed by atoms with Gasteiger partial charge in [-0.05, 0) is 30.3 Å². The number of aromatic nitrogens is 4. The lowest BCUT2D eigenvalue weighted by molar-refractivity contribution is 0.415. The van der Waals surface area contributed by atoms with Crippen molar-refractivity contribution in [2.24, 2.45) is 0 Å². The normalized spacial score (nSPS) is 11.2. The second-order valence-corrected chi connectivity index (χ2v) is 4.90. The van der Waals surface area contributed by atoms with Crippen LogP contribution in [0.15, 0.2) is 36.5 Å². The SMILES string of the molecule is COc1ccc(-c2ccnc3nc(C(C)C)nn23)cc1. The van der Waals surface area contributed by atoms with Gasteiger partial charge in [-0.15, -0.1) is 5.10 Å². The van der Waals surface area contributed by atoms with Crippen LogP contribution in [0.3, 0.4) is 0 Å². The van der Waals surface area contributed by atoms with Gasteiger partial charge in [-0.1, -0.05) is 13.8 Å². The zero-order valence-electron chi connectivity index (χ0n) is 11.7. The van der Waals surface area contributed by atoms with E-state index >= 15 is 0 Å². The van der Waals surface area contributed by atoms with Crippen molar-refractivity contribution in [2.45, 2.75) is 19.8 Å². The first-order chi connectivity index (χ1) is 9.69. The van der Waals surface area contributed by atoms with Crippen LogP contribution in [0.25, 0.3) is 17.0 Å². The molecule has 0 radical (unpaired) electrons. The third-order valence-electron chi connectivity index (χ3n) is 3.16. The molecule has 20 heavy (non-hydrogen) atoms. The Labute approximate surface area is 117 Å². The maximum absolute atomic E-state index is 5.18. The summed E-state index contributed by atoms with van der Waals surface area (Å²) in [5.41, 5.74) is 2.02. The van der Waals surface area contributed by atoms with Gasteiger partial charge in [0, 0.05) is 17.7 Å². The van der Waals surface area contributed by atoms with Crippen LogP contribution in [0.1, 0.15) is 25.6 Å². The van der Waals surface area contributed by atoms with E-state index in [9.17, 15) is 0 Å². The molecule has 0 bridgehead atoms. The highest BCUT2D eigenvalue weighted by molar-refractivity contribution is 5.62.